The van der Waals surface area contributed by atoms with Crippen LogP contribution in [0.25, 0.3) is 0 Å². The molecule has 2 aliphatic heterocycles. The number of nitrogens with one attached hydrogen (secondary N) is 5. The van der Waals surface area contributed by atoms with Crippen LogP contribution in [0.3, 0.4) is 0 Å². The first-order valence-electron chi connectivity index (χ1n) is 23.9. The van der Waals surface area contributed by atoms with Crippen molar-refractivity contribution in [3.05, 3.63) is 65.3 Å². The summed E-state index contributed by atoms with van der Waals surface area (Å²) in [7, 11) is 3.00. The van der Waals surface area contributed by atoms with Crippen LogP contribution >= 0.6 is 23.5 Å². The van der Waals surface area contributed by atoms with Gasteiger partial charge in [-0.15, -0.1) is 0 Å². The van der Waals surface area contributed by atoms with E-state index in [0.717, 1.165) is 28.9 Å². The molecule has 70 heavy (non-hydrogen) atoms. The van der Waals surface area contributed by atoms with Crippen molar-refractivity contribution in [2.24, 2.45) is 5.92 Å². The zero-order valence-electron chi connectivity index (χ0n) is 41.7. The molecule has 18 nitrogen and oxygen atoms in total. The number of thioether (sulfide) groups is 2. The van der Waals surface area contributed by atoms with Crippen molar-refractivity contribution in [1.82, 2.24) is 31.1 Å². The van der Waals surface area contributed by atoms with E-state index in [2.05, 4.69) is 32.7 Å². The lowest BCUT2D eigenvalue weighted by atomic mass is 10.0. The van der Waals surface area contributed by atoms with Crippen LogP contribution in [0.15, 0.2) is 59.7 Å². The number of carbonyl (C=O) groups is 9. The van der Waals surface area contributed by atoms with Crippen LogP contribution in [0, 0.1) is 5.92 Å². The van der Waals surface area contributed by atoms with E-state index in [1.54, 1.807) is 19.2 Å². The monoisotopic (exact) mass is 1010 g/mol. The third kappa shape index (κ3) is 20.4. The summed E-state index contributed by atoms with van der Waals surface area (Å²) in [4.78, 5) is 119. The molecule has 0 saturated carbocycles. The number of anilines is 1. The summed E-state index contributed by atoms with van der Waals surface area (Å²) in [5, 5.41) is 13.9. The molecule has 7 amide bonds. The Morgan fingerprint density at radius 3 is 2.27 bits per heavy atom. The Bertz CT molecular complexity index is 2060. The average Bonchev–Trinajstić information content (AvgIpc) is 3.96. The van der Waals surface area contributed by atoms with Gasteiger partial charge in [-0.2, -0.15) is 23.5 Å². The van der Waals surface area contributed by atoms with Crippen LogP contribution in [-0.4, -0.2) is 151 Å². The van der Waals surface area contributed by atoms with Crippen molar-refractivity contribution in [1.29, 1.82) is 0 Å². The largest absolute Gasteiger partial charge is 0.467 e. The lowest BCUT2D eigenvalue weighted by Gasteiger charge is -2.30. The number of amides is 7. The van der Waals surface area contributed by atoms with E-state index in [0.29, 0.717) is 61.3 Å². The van der Waals surface area contributed by atoms with E-state index in [9.17, 15) is 43.2 Å². The molecular weight excluding hydrogens is 939 g/mol. The average molecular weight is 1010 g/mol. The Kier molecular flexibility index (Phi) is 26.5. The minimum Gasteiger partial charge on any atom is -0.467 e. The molecule has 1 fully saturated rings. The van der Waals surface area contributed by atoms with Crippen molar-refractivity contribution in [2.75, 3.05) is 69.2 Å². The number of para-hydroxylation sites is 1. The topological polar surface area (TPSA) is 239 Å². The van der Waals surface area contributed by atoms with E-state index in [1.165, 1.54) is 47.7 Å². The molecule has 0 unspecified atom stereocenters. The fourth-order valence-electron chi connectivity index (χ4n) is 7.70. The van der Waals surface area contributed by atoms with E-state index in [-0.39, 0.29) is 61.9 Å². The second-order valence-electron chi connectivity index (χ2n) is 17.7. The third-order valence-corrected chi connectivity index (χ3v) is 13.2. The summed E-state index contributed by atoms with van der Waals surface area (Å²) >= 11 is 2.95. The second kappa shape index (κ2) is 31.6. The van der Waals surface area contributed by atoms with Gasteiger partial charge >= 0.3 is 11.9 Å². The maximum Gasteiger partial charge on any atom is 0.340 e. The van der Waals surface area contributed by atoms with Crippen LogP contribution in [0.4, 0.5) is 5.69 Å². The molecule has 4 atom stereocenters. The third-order valence-electron chi connectivity index (χ3n) is 11.6. The number of likely N-dealkylation sites (tertiary alicyclic amines) is 1. The highest BCUT2D eigenvalue weighted by molar-refractivity contribution is 7.99. The molecule has 2 aliphatic rings. The zero-order chi connectivity index (χ0) is 51.6. The van der Waals surface area contributed by atoms with Crippen LogP contribution in [0.5, 0.6) is 0 Å². The predicted molar refractivity (Wildman–Crippen MR) is 273 cm³/mol. The predicted octanol–water partition coefficient (Wildman–Crippen LogP) is 4.31. The number of carbonyl (C=O) groups excluding carboxylic acids is 9. The highest BCUT2D eigenvalue weighted by Gasteiger charge is 2.39. The van der Waals surface area contributed by atoms with Crippen molar-refractivity contribution >= 4 is 82.5 Å². The normalized spacial score (nSPS) is 16.1. The van der Waals surface area contributed by atoms with E-state index in [1.807, 2.05) is 52.2 Å². The molecular formula is C50H73N7O11S2. The van der Waals surface area contributed by atoms with Crippen LogP contribution < -0.4 is 26.6 Å². The molecule has 386 valence electrons. The summed E-state index contributed by atoms with van der Waals surface area (Å²) in [6.07, 6.45) is 13.2. The van der Waals surface area contributed by atoms with Crippen LogP contribution in [0.1, 0.15) is 102 Å². The van der Waals surface area contributed by atoms with E-state index >= 15 is 0 Å². The van der Waals surface area contributed by atoms with Crippen molar-refractivity contribution in [2.45, 2.75) is 116 Å². The Hall–Kier alpha value is -5.63. The zero-order valence-corrected chi connectivity index (χ0v) is 43.4. The number of hydrogen-bond donors (Lipinski definition) is 5. The number of hydrogen-bond acceptors (Lipinski definition) is 14. The number of allylic oxidation sites excluding steroid dienone is 2. The van der Waals surface area contributed by atoms with Gasteiger partial charge in [0.25, 0.3) is 11.8 Å². The van der Waals surface area contributed by atoms with Crippen molar-refractivity contribution < 1.29 is 52.6 Å². The fraction of sp³-hybridized carbons (Fsp3) is 0.580. The molecule has 0 aliphatic carbocycles. The molecule has 0 radical (unpaired) electrons. The number of imide groups is 1. The molecule has 1 aromatic carbocycles. The van der Waals surface area contributed by atoms with Gasteiger partial charge in [-0.1, -0.05) is 50.1 Å². The summed E-state index contributed by atoms with van der Waals surface area (Å²) in [5.74, 6) is -2.81. The highest BCUT2D eigenvalue weighted by Crippen LogP contribution is 2.22. The van der Waals surface area contributed by atoms with Gasteiger partial charge in [0.15, 0.2) is 0 Å². The molecule has 2 heterocycles. The lowest BCUT2D eigenvalue weighted by molar-refractivity contribution is -0.146. The first kappa shape index (κ1) is 58.7. The van der Waals surface area contributed by atoms with Gasteiger partial charge in [-0.25, -0.2) is 9.59 Å². The van der Waals surface area contributed by atoms with Gasteiger partial charge in [0.1, 0.15) is 30.8 Å². The smallest absolute Gasteiger partial charge is 0.340 e. The number of ether oxygens (including phenoxy) is 2. The molecule has 0 aromatic heterocycles. The SMILES string of the molecule is CNc1ccccc1C(=O)OC/C(C)=C/CC/C(C)=C/CSC[C@H](NC(=O)[C@@H]1CCCN1C(=O)[C@H](CC(C)C)NC(=O)CNC(=O)[C@H](CCSC)NC(=O)CCCCCN1C(=O)C=CC1=O)C(=O)OC. The fourth-order valence-corrected chi connectivity index (χ4v) is 9.16. The first-order chi connectivity index (χ1) is 33.5. The van der Waals surface area contributed by atoms with Gasteiger partial charge in [0.05, 0.1) is 19.2 Å². The maximum atomic E-state index is 14.1. The number of esters is 2. The Morgan fingerprint density at radius 2 is 1.59 bits per heavy atom. The van der Waals surface area contributed by atoms with Gasteiger partial charge < -0.3 is 41.0 Å². The summed E-state index contributed by atoms with van der Waals surface area (Å²) < 4.78 is 10.5. The van der Waals surface area contributed by atoms with Crippen molar-refractivity contribution in [3.63, 3.8) is 0 Å². The Labute approximate surface area is 421 Å². The number of methoxy groups -OCH3 is 1. The summed E-state index contributed by atoms with van der Waals surface area (Å²) in [6.45, 7) is 8.00. The quantitative estimate of drug-likeness (QED) is 0.0302. The van der Waals surface area contributed by atoms with Gasteiger partial charge in [0.2, 0.25) is 29.5 Å². The molecule has 0 spiro atoms. The maximum absolute atomic E-state index is 14.1. The number of benzene rings is 1. The molecule has 5 N–H and O–H groups in total. The van der Waals surface area contributed by atoms with Crippen LogP contribution in [-0.2, 0) is 47.8 Å². The van der Waals surface area contributed by atoms with Gasteiger partial charge in [-0.3, -0.25) is 38.5 Å². The van der Waals surface area contributed by atoms with Gasteiger partial charge in [-0.05, 0) is 101 Å². The van der Waals surface area contributed by atoms with Gasteiger partial charge in [0, 0.05) is 55.9 Å². The first-order valence-corrected chi connectivity index (χ1v) is 26.4. The molecule has 0 bridgehead atoms. The minimum absolute atomic E-state index is 0.0184. The summed E-state index contributed by atoms with van der Waals surface area (Å²) in [6, 6.07) is 3.42. The number of rotatable bonds is 31. The Balaban J connectivity index is 1.48. The summed E-state index contributed by atoms with van der Waals surface area (Å²) in [5.41, 5.74) is 3.24. The Morgan fingerprint density at radius 1 is 0.871 bits per heavy atom. The molecule has 20 heteroatoms. The van der Waals surface area contributed by atoms with Crippen molar-refractivity contribution in [3.8, 4) is 0 Å². The lowest BCUT2D eigenvalue weighted by Crippen LogP contribution is -2.57. The molecule has 3 rings (SSSR count). The van der Waals surface area contributed by atoms with E-state index in [4.69, 9.17) is 9.47 Å². The molecule has 1 aromatic rings. The molecule has 1 saturated heterocycles. The minimum atomic E-state index is -0.992. The highest BCUT2D eigenvalue weighted by atomic mass is 32.2. The number of unbranched alkanes of at least 4 members (excludes halogenated alkanes) is 2. The van der Waals surface area contributed by atoms with E-state index < -0.39 is 66.3 Å². The second-order valence-corrected chi connectivity index (χ2v) is 19.7. The number of nitrogens with zero attached hydrogens (tertiary/aromatic N) is 2. The van der Waals surface area contributed by atoms with Crippen LogP contribution in [0.2, 0.25) is 0 Å². The standard InChI is InChI=1S/C50H73N7O11S2/c1-33(2)29-39(54-43(59)30-52-46(62)38(24-27-69-7)53-42(58)20-9-8-12-25-57-44(60)21-22-45(57)61)48(64)56-26-14-19-41(56)47(63)55-40(50(66)67-6)32-70-28-23-34(3)15-13-16-35(4)31-68-49(65)36-17-10-11-18-37(36)51-5/h10-11,16-18,21-23,33,38-41,51H,8-9,12-15,19-20,24-32H2,1-7H3,(H,52,62)(H,53,58)(H,54,59)(H,55,63)/b34-23+,35-16+/t38-,39-,40-,41-/m0/s1.